The van der Waals surface area contributed by atoms with Gasteiger partial charge in [0.05, 0.1) is 16.6 Å². The molecule has 84 valence electrons. The first kappa shape index (κ1) is 10.3. The lowest BCUT2D eigenvalue weighted by molar-refractivity contribution is 0.0711. The zero-order valence-electron chi connectivity index (χ0n) is 7.91. The second-order valence-electron chi connectivity index (χ2n) is 3.14. The predicted octanol–water partition coefficient (Wildman–Crippen LogP) is 0.824. The number of aromatic amines is 1. The molecule has 5 nitrogen and oxygen atoms in total. The second-order valence-corrected chi connectivity index (χ2v) is 3.14. The molecule has 2 rings (SSSR count). The van der Waals surface area contributed by atoms with Crippen molar-refractivity contribution >= 4 is 16.9 Å². The van der Waals surface area contributed by atoms with E-state index in [2.05, 4.69) is 4.98 Å². The molecule has 0 saturated heterocycles. The molecule has 0 aliphatic heterocycles. The van der Waals surface area contributed by atoms with Gasteiger partial charge >= 0.3 is 12.2 Å². The fourth-order valence-corrected chi connectivity index (χ4v) is 1.57. The Hall–Kier alpha value is -2.18. The number of alkyl halides is 2. The molecule has 0 aliphatic carbocycles. The van der Waals surface area contributed by atoms with Gasteiger partial charge in [0.15, 0.2) is 0 Å². The Bertz CT molecular complexity index is 615. The van der Waals surface area contributed by atoms with Crippen LogP contribution < -0.4 is 11.4 Å². The number of hydrogen-bond acceptors (Lipinski definition) is 2. The number of carbonyl (C=O) groups excluding carboxylic acids is 1. The van der Waals surface area contributed by atoms with Gasteiger partial charge in [-0.2, -0.15) is 8.78 Å². The van der Waals surface area contributed by atoms with Crippen molar-refractivity contribution in [3.63, 3.8) is 0 Å². The topological polar surface area (TPSA) is 80.9 Å². The molecule has 0 fully saturated rings. The molecule has 0 spiro atoms. The molecule has 1 amide bonds. The van der Waals surface area contributed by atoms with Crippen molar-refractivity contribution < 1.29 is 13.6 Å². The summed E-state index contributed by atoms with van der Waals surface area (Å²) in [6.07, 6.45) is 0. The number of nitrogens with zero attached hydrogens (tertiary/aromatic N) is 1. The summed E-state index contributed by atoms with van der Waals surface area (Å²) in [6.45, 7) is -3.03. The third kappa shape index (κ3) is 1.37. The van der Waals surface area contributed by atoms with Crippen LogP contribution in [0.1, 0.15) is 16.9 Å². The first-order chi connectivity index (χ1) is 7.52. The Morgan fingerprint density at radius 2 is 2.12 bits per heavy atom. The van der Waals surface area contributed by atoms with Crippen molar-refractivity contribution in [3.8, 4) is 0 Å². The summed E-state index contributed by atoms with van der Waals surface area (Å²) in [4.78, 5) is 24.5. The molecule has 16 heavy (non-hydrogen) atoms. The minimum absolute atomic E-state index is 0.115. The maximum Gasteiger partial charge on any atom is 0.330 e. The largest absolute Gasteiger partial charge is 0.366 e. The molecule has 2 aromatic rings. The molecule has 7 heteroatoms. The quantitative estimate of drug-likeness (QED) is 0.796. The lowest BCUT2D eigenvalue weighted by atomic mass is 10.2. The van der Waals surface area contributed by atoms with Crippen molar-refractivity contribution in [2.45, 2.75) is 6.55 Å². The monoisotopic (exact) mass is 227 g/mol. The van der Waals surface area contributed by atoms with Crippen LogP contribution in [0.3, 0.4) is 0 Å². The maximum absolute atomic E-state index is 12.6. The number of imidazole rings is 1. The number of benzene rings is 1. The van der Waals surface area contributed by atoms with Crippen LogP contribution in [-0.2, 0) is 0 Å². The minimum atomic E-state index is -3.03. The Labute approximate surface area is 87.5 Å². The number of H-pyrrole nitrogens is 1. The van der Waals surface area contributed by atoms with E-state index in [9.17, 15) is 18.4 Å². The number of aromatic nitrogens is 2. The van der Waals surface area contributed by atoms with E-state index in [1.807, 2.05) is 0 Å². The lowest BCUT2D eigenvalue weighted by Crippen LogP contribution is -2.19. The van der Waals surface area contributed by atoms with E-state index in [-0.39, 0.29) is 21.2 Å². The SMILES string of the molecule is NC(=O)c1cccc2[nH]c(=O)n(C(F)F)c12. The molecule has 0 unspecified atom stereocenters. The van der Waals surface area contributed by atoms with Crippen molar-refractivity contribution in [1.29, 1.82) is 0 Å². The Kier molecular flexibility index (Phi) is 2.22. The van der Waals surface area contributed by atoms with Gasteiger partial charge in [-0.1, -0.05) is 6.07 Å². The highest BCUT2D eigenvalue weighted by Crippen LogP contribution is 2.20. The summed E-state index contributed by atoms with van der Waals surface area (Å²) in [5.74, 6) is -0.862. The van der Waals surface area contributed by atoms with Gasteiger partial charge in [0.2, 0.25) is 0 Å². The van der Waals surface area contributed by atoms with Crippen LogP contribution in [-0.4, -0.2) is 15.5 Å². The number of carbonyl (C=O) groups is 1. The van der Waals surface area contributed by atoms with Crippen LogP contribution in [0, 0.1) is 0 Å². The average molecular weight is 227 g/mol. The number of fused-ring (bicyclic) bond motifs is 1. The van der Waals surface area contributed by atoms with Crippen molar-refractivity contribution in [2.75, 3.05) is 0 Å². The zero-order valence-corrected chi connectivity index (χ0v) is 7.91. The molecular weight excluding hydrogens is 220 g/mol. The Morgan fingerprint density at radius 3 is 2.69 bits per heavy atom. The summed E-state index contributed by atoms with van der Waals surface area (Å²) in [6, 6.07) is 4.16. The summed E-state index contributed by atoms with van der Waals surface area (Å²) in [5, 5.41) is 0. The number of hydrogen-bond donors (Lipinski definition) is 2. The van der Waals surface area contributed by atoms with Crippen LogP contribution >= 0.6 is 0 Å². The van der Waals surface area contributed by atoms with Gasteiger partial charge < -0.3 is 10.7 Å². The van der Waals surface area contributed by atoms with Crippen LogP contribution in [0.4, 0.5) is 8.78 Å². The first-order valence-electron chi connectivity index (χ1n) is 4.33. The van der Waals surface area contributed by atoms with Gasteiger partial charge in [-0.25, -0.2) is 9.36 Å². The Morgan fingerprint density at radius 1 is 1.44 bits per heavy atom. The van der Waals surface area contributed by atoms with E-state index in [1.54, 1.807) is 0 Å². The molecule has 3 N–H and O–H groups in total. The number of nitrogens with two attached hydrogens (primary N) is 1. The van der Waals surface area contributed by atoms with E-state index in [0.717, 1.165) is 0 Å². The number of para-hydroxylation sites is 1. The fraction of sp³-hybridized carbons (Fsp3) is 0.111. The molecule has 1 aromatic carbocycles. The molecule has 0 atom stereocenters. The van der Waals surface area contributed by atoms with Crippen LogP contribution in [0.15, 0.2) is 23.0 Å². The van der Waals surface area contributed by atoms with Gasteiger partial charge in [0.1, 0.15) is 0 Å². The average Bonchev–Trinajstić information content (AvgIpc) is 2.52. The normalized spacial score (nSPS) is 11.2. The molecule has 0 bridgehead atoms. The number of rotatable bonds is 2. The van der Waals surface area contributed by atoms with Crippen LogP contribution in [0.5, 0.6) is 0 Å². The third-order valence-corrected chi connectivity index (χ3v) is 2.20. The van der Waals surface area contributed by atoms with E-state index >= 15 is 0 Å². The lowest BCUT2D eigenvalue weighted by Gasteiger charge is -2.03. The van der Waals surface area contributed by atoms with Crippen LogP contribution in [0.2, 0.25) is 0 Å². The summed E-state index contributed by atoms with van der Waals surface area (Å²) in [5.41, 5.74) is 3.94. The third-order valence-electron chi connectivity index (χ3n) is 2.20. The maximum atomic E-state index is 12.6. The zero-order chi connectivity index (χ0) is 11.9. The van der Waals surface area contributed by atoms with Gasteiger partial charge in [-0.3, -0.25) is 4.79 Å². The highest BCUT2D eigenvalue weighted by atomic mass is 19.3. The number of halogens is 2. The molecule has 0 aliphatic rings. The van der Waals surface area contributed by atoms with Gasteiger partial charge in [-0.05, 0) is 12.1 Å². The van der Waals surface area contributed by atoms with E-state index in [4.69, 9.17) is 5.73 Å². The molecular formula is C9H7F2N3O2. The molecule has 0 saturated carbocycles. The highest BCUT2D eigenvalue weighted by Gasteiger charge is 2.19. The molecule has 1 aromatic heterocycles. The van der Waals surface area contributed by atoms with Crippen LogP contribution in [0.25, 0.3) is 11.0 Å². The fourth-order valence-electron chi connectivity index (χ4n) is 1.57. The predicted molar refractivity (Wildman–Crippen MR) is 52.3 cm³/mol. The highest BCUT2D eigenvalue weighted by molar-refractivity contribution is 6.04. The van der Waals surface area contributed by atoms with Crippen molar-refractivity contribution in [3.05, 3.63) is 34.2 Å². The standard InChI is InChI=1S/C9H7F2N3O2/c10-8(11)14-6-4(7(12)15)2-1-3-5(6)13-9(14)16/h1-3,8H,(H2,12,15)(H,13,16). The van der Waals surface area contributed by atoms with Crippen molar-refractivity contribution in [1.82, 2.24) is 9.55 Å². The van der Waals surface area contributed by atoms with Crippen molar-refractivity contribution in [2.24, 2.45) is 5.73 Å². The smallest absolute Gasteiger partial charge is 0.330 e. The molecule has 1 heterocycles. The van der Waals surface area contributed by atoms with E-state index in [1.165, 1.54) is 18.2 Å². The van der Waals surface area contributed by atoms with Gasteiger partial charge in [0.25, 0.3) is 5.91 Å². The molecule has 0 radical (unpaired) electrons. The Balaban J connectivity index is 2.94. The second kappa shape index (κ2) is 3.44. The number of primary amides is 1. The van der Waals surface area contributed by atoms with E-state index < -0.39 is 18.1 Å². The number of amides is 1. The van der Waals surface area contributed by atoms with Gasteiger partial charge in [-0.15, -0.1) is 0 Å². The summed E-state index contributed by atoms with van der Waals surface area (Å²) in [7, 11) is 0. The van der Waals surface area contributed by atoms with E-state index in [0.29, 0.717) is 0 Å². The number of nitrogens with one attached hydrogen (secondary N) is 1. The summed E-state index contributed by atoms with van der Waals surface area (Å²) >= 11 is 0. The first-order valence-corrected chi connectivity index (χ1v) is 4.33. The minimum Gasteiger partial charge on any atom is -0.366 e. The summed E-state index contributed by atoms with van der Waals surface area (Å²) < 4.78 is 25.5. The van der Waals surface area contributed by atoms with Gasteiger partial charge in [0, 0.05) is 0 Å².